The molecule has 11 aromatic carbocycles. The van der Waals surface area contributed by atoms with Crippen molar-refractivity contribution in [2.45, 2.75) is 0 Å². The number of hydrogen-bond acceptors (Lipinski definition) is 4. The molecule has 370 valence electrons. The Morgan fingerprint density at radius 1 is 0.253 bits per heavy atom. The number of hydrogen-bond donors (Lipinski definition) is 0. The third kappa shape index (κ3) is 7.84. The molecule has 0 saturated heterocycles. The molecule has 0 unspecified atom stereocenters. The monoisotopic (exact) mass is 1010 g/mol. The van der Waals surface area contributed by atoms with Crippen LogP contribution in [0, 0.1) is 0 Å². The third-order valence-electron chi connectivity index (χ3n) is 15.5. The molecule has 15 aromatic rings. The smallest absolute Gasteiger partial charge is 0.263 e. The summed E-state index contributed by atoms with van der Waals surface area (Å²) in [6.07, 6.45) is 0. The van der Waals surface area contributed by atoms with Gasteiger partial charge in [0, 0.05) is 43.4 Å². The van der Waals surface area contributed by atoms with Crippen LogP contribution in [0.15, 0.2) is 287 Å². The summed E-state index contributed by atoms with van der Waals surface area (Å²) in [6, 6.07) is 92.9. The molecule has 0 fully saturated rings. The number of pyridine rings is 3. The molecule has 0 aliphatic carbocycles. The first-order valence-corrected chi connectivity index (χ1v) is 26.5. The molecule has 0 radical (unpaired) electrons. The number of para-hydroxylation sites is 1. The quantitative estimate of drug-likeness (QED) is 0.142. The number of fused-ring (bicyclic) bond motifs is 9. The number of benzene rings is 11. The van der Waals surface area contributed by atoms with E-state index in [1.54, 1.807) is 0 Å². The second-order valence-electron chi connectivity index (χ2n) is 20.2. The molecule has 0 aliphatic rings. The zero-order valence-electron chi connectivity index (χ0n) is 42.5. The van der Waals surface area contributed by atoms with E-state index >= 15 is 0 Å². The Hall–Kier alpha value is -10.7. The van der Waals surface area contributed by atoms with E-state index in [4.69, 9.17) is 9.40 Å². The number of nitrogens with zero attached hydrogens (tertiary/aromatic N) is 3. The highest BCUT2D eigenvalue weighted by Crippen LogP contribution is 2.38. The standard InChI is InChI=1S/C73H45N3O3/c77-72-60-25-11-10-23-58(60)63-41-54(47-17-6-2-7-18-47)32-36-68(63)76(72)57-44-66(49-19-8-3-9-20-49)74-67(45-57)50-29-27-48(28-30-50)51-21-14-22-52(39-51)55-33-37-69-64(42-55)62-40-53(46-15-4-1-5-16-46)31-35-61(62)73(78)75(69)56-34-38-71-65(43-56)59-24-12-13-26-70(59)79-71/h1-45H. The lowest BCUT2D eigenvalue weighted by atomic mass is 9.95. The van der Waals surface area contributed by atoms with Crippen molar-refractivity contribution < 1.29 is 4.42 Å². The minimum atomic E-state index is -0.0890. The molecule has 4 aromatic heterocycles. The molecule has 0 atom stereocenters. The van der Waals surface area contributed by atoms with Gasteiger partial charge in [0.1, 0.15) is 11.2 Å². The van der Waals surface area contributed by atoms with Crippen molar-refractivity contribution in [3.63, 3.8) is 0 Å². The molecular formula is C73H45N3O3. The van der Waals surface area contributed by atoms with Gasteiger partial charge in [-0.1, -0.05) is 188 Å². The first kappa shape index (κ1) is 45.7. The van der Waals surface area contributed by atoms with Crippen molar-refractivity contribution in [2.75, 3.05) is 0 Å². The highest BCUT2D eigenvalue weighted by Gasteiger charge is 2.19. The van der Waals surface area contributed by atoms with E-state index in [1.165, 1.54) is 0 Å². The zero-order valence-corrected chi connectivity index (χ0v) is 42.5. The summed E-state index contributed by atoms with van der Waals surface area (Å²) in [5.41, 5.74) is 16.4. The van der Waals surface area contributed by atoms with Gasteiger partial charge in [-0.25, -0.2) is 4.98 Å². The fourth-order valence-electron chi connectivity index (χ4n) is 11.6. The molecule has 0 spiro atoms. The van der Waals surface area contributed by atoms with Crippen molar-refractivity contribution in [3.8, 4) is 78.4 Å². The normalized spacial score (nSPS) is 11.6. The summed E-state index contributed by atoms with van der Waals surface area (Å²) >= 11 is 0. The minimum absolute atomic E-state index is 0.0839. The summed E-state index contributed by atoms with van der Waals surface area (Å²) in [6.45, 7) is 0. The molecule has 0 saturated carbocycles. The molecule has 79 heavy (non-hydrogen) atoms. The van der Waals surface area contributed by atoms with E-state index in [0.717, 1.165) is 133 Å². The molecular weight excluding hydrogens is 967 g/mol. The summed E-state index contributed by atoms with van der Waals surface area (Å²) in [4.78, 5) is 34.9. The Bertz CT molecular complexity index is 5040. The Kier molecular flexibility index (Phi) is 10.7. The maximum atomic E-state index is 14.8. The SMILES string of the molecule is O=c1c2ccccc2c2cc(-c3ccccc3)ccc2n1-c1cc(-c2ccccc2)nc(-c2ccc(-c3cccc(-c4ccc5c(c4)c4cc(-c6ccccc6)ccc4c(=O)n5-c4ccc5oc6ccccc6c5c4)c3)cc2)c1. The van der Waals surface area contributed by atoms with Crippen LogP contribution >= 0.6 is 0 Å². The van der Waals surface area contributed by atoms with E-state index in [0.29, 0.717) is 10.8 Å². The first-order valence-electron chi connectivity index (χ1n) is 26.5. The van der Waals surface area contributed by atoms with Crippen LogP contribution in [0.2, 0.25) is 0 Å². The Morgan fingerprint density at radius 2 is 0.671 bits per heavy atom. The van der Waals surface area contributed by atoms with Crippen molar-refractivity contribution in [2.24, 2.45) is 0 Å². The molecule has 0 N–H and O–H groups in total. The maximum absolute atomic E-state index is 14.8. The largest absolute Gasteiger partial charge is 0.456 e. The second-order valence-corrected chi connectivity index (χ2v) is 20.2. The lowest BCUT2D eigenvalue weighted by molar-refractivity contribution is 0.669. The van der Waals surface area contributed by atoms with Crippen LogP contribution in [0.1, 0.15) is 0 Å². The van der Waals surface area contributed by atoms with Gasteiger partial charge in [0.15, 0.2) is 0 Å². The van der Waals surface area contributed by atoms with Gasteiger partial charge in [-0.2, -0.15) is 0 Å². The Morgan fingerprint density at radius 3 is 1.33 bits per heavy atom. The fraction of sp³-hybridized carbons (Fsp3) is 0. The van der Waals surface area contributed by atoms with Crippen LogP contribution in [0.3, 0.4) is 0 Å². The summed E-state index contributed by atoms with van der Waals surface area (Å²) in [5.74, 6) is 0. The summed E-state index contributed by atoms with van der Waals surface area (Å²) in [7, 11) is 0. The van der Waals surface area contributed by atoms with Crippen LogP contribution in [0.25, 0.3) is 144 Å². The predicted octanol–water partition coefficient (Wildman–Crippen LogP) is 17.9. The zero-order chi connectivity index (χ0) is 52.6. The predicted molar refractivity (Wildman–Crippen MR) is 325 cm³/mol. The van der Waals surface area contributed by atoms with Crippen LogP contribution in [0.5, 0.6) is 0 Å². The van der Waals surface area contributed by atoms with E-state index in [1.807, 2.05) is 143 Å². The molecule has 0 amide bonds. The van der Waals surface area contributed by atoms with Crippen molar-refractivity contribution in [1.82, 2.24) is 14.1 Å². The molecule has 4 heterocycles. The number of rotatable bonds is 8. The van der Waals surface area contributed by atoms with Crippen LogP contribution in [-0.4, -0.2) is 14.1 Å². The van der Waals surface area contributed by atoms with Crippen molar-refractivity contribution >= 4 is 65.3 Å². The van der Waals surface area contributed by atoms with Gasteiger partial charge in [-0.05, 0) is 140 Å². The highest BCUT2D eigenvalue weighted by atomic mass is 16.3. The molecule has 15 rings (SSSR count). The lowest BCUT2D eigenvalue weighted by Crippen LogP contribution is -2.19. The third-order valence-corrected chi connectivity index (χ3v) is 15.5. The molecule has 6 nitrogen and oxygen atoms in total. The fourth-order valence-corrected chi connectivity index (χ4v) is 11.6. The van der Waals surface area contributed by atoms with E-state index in [2.05, 4.69) is 140 Å². The van der Waals surface area contributed by atoms with E-state index in [-0.39, 0.29) is 11.1 Å². The van der Waals surface area contributed by atoms with Gasteiger partial charge in [-0.15, -0.1) is 0 Å². The average molecular weight is 1010 g/mol. The van der Waals surface area contributed by atoms with Crippen molar-refractivity contribution in [1.29, 1.82) is 0 Å². The van der Waals surface area contributed by atoms with Crippen LogP contribution in [0.4, 0.5) is 0 Å². The van der Waals surface area contributed by atoms with Gasteiger partial charge in [0.2, 0.25) is 0 Å². The minimum Gasteiger partial charge on any atom is -0.456 e. The van der Waals surface area contributed by atoms with Crippen LogP contribution < -0.4 is 11.1 Å². The topological polar surface area (TPSA) is 70.0 Å². The van der Waals surface area contributed by atoms with Crippen LogP contribution in [-0.2, 0) is 0 Å². The van der Waals surface area contributed by atoms with Gasteiger partial charge in [0.25, 0.3) is 11.1 Å². The highest BCUT2D eigenvalue weighted by molar-refractivity contribution is 6.11. The van der Waals surface area contributed by atoms with E-state index in [9.17, 15) is 9.59 Å². The molecule has 0 aliphatic heterocycles. The van der Waals surface area contributed by atoms with Gasteiger partial charge >= 0.3 is 0 Å². The summed E-state index contributed by atoms with van der Waals surface area (Å²) in [5, 5.41) is 7.03. The number of furan rings is 1. The molecule has 6 heteroatoms. The lowest BCUT2D eigenvalue weighted by Gasteiger charge is -2.17. The van der Waals surface area contributed by atoms with E-state index < -0.39 is 0 Å². The summed E-state index contributed by atoms with van der Waals surface area (Å²) < 4.78 is 9.89. The number of aromatic nitrogens is 3. The average Bonchev–Trinajstić information content (AvgIpc) is 4.05. The Labute approximate surface area is 453 Å². The first-order chi connectivity index (χ1) is 39.0. The van der Waals surface area contributed by atoms with Gasteiger partial charge in [0.05, 0.1) is 33.8 Å². The second kappa shape index (κ2) is 18.6. The van der Waals surface area contributed by atoms with Crippen molar-refractivity contribution in [3.05, 3.63) is 294 Å². The Balaban J connectivity index is 0.834. The molecule has 0 bridgehead atoms. The maximum Gasteiger partial charge on any atom is 0.263 e. The van der Waals surface area contributed by atoms with Gasteiger partial charge in [-0.3, -0.25) is 18.7 Å². The van der Waals surface area contributed by atoms with Gasteiger partial charge < -0.3 is 4.42 Å².